The van der Waals surface area contributed by atoms with Crippen LogP contribution in [0.5, 0.6) is 11.5 Å². The Kier molecular flexibility index (Phi) is 11.8. The van der Waals surface area contributed by atoms with Crippen molar-refractivity contribution in [2.24, 2.45) is 0 Å². The predicted molar refractivity (Wildman–Crippen MR) is 192 cm³/mol. The molecule has 50 heavy (non-hydrogen) atoms. The number of rotatable bonds is 11. The third-order valence-electron chi connectivity index (χ3n) is 7.73. The summed E-state index contributed by atoms with van der Waals surface area (Å²) in [6, 6.07) is 30.1. The highest BCUT2D eigenvalue weighted by Gasteiger charge is 2.17. The Morgan fingerprint density at radius 3 is 1.72 bits per heavy atom. The minimum absolute atomic E-state index is 0.00213. The summed E-state index contributed by atoms with van der Waals surface area (Å²) in [4.78, 5) is 51.8. The number of aromatic amines is 1. The van der Waals surface area contributed by atoms with Gasteiger partial charge in [-0.15, -0.1) is 0 Å². The van der Waals surface area contributed by atoms with Gasteiger partial charge in [-0.25, -0.2) is 9.59 Å². The molecule has 2 heterocycles. The van der Waals surface area contributed by atoms with E-state index in [1.807, 2.05) is 78.2 Å². The van der Waals surface area contributed by atoms with E-state index in [1.54, 1.807) is 50.4 Å². The number of fused-ring (bicyclic) bond motifs is 2. The first kappa shape index (κ1) is 35.2. The molecule has 0 spiro atoms. The monoisotopic (exact) mass is 674 g/mol. The van der Waals surface area contributed by atoms with Crippen molar-refractivity contribution in [1.29, 1.82) is 0 Å². The molecule has 0 unspecified atom stereocenters. The number of carbonyl (C=O) groups is 2. The Labute approximate surface area is 288 Å². The smallest absolute Gasteiger partial charge is 0.343 e. The number of carbonyl (C=O) groups excluding carboxylic acids is 2. The fraction of sp³-hybridized carbons (Fsp3) is 0.200. The van der Waals surface area contributed by atoms with Crippen LogP contribution >= 0.6 is 0 Å². The van der Waals surface area contributed by atoms with Gasteiger partial charge in [0.1, 0.15) is 35.8 Å². The molecule has 0 fully saturated rings. The summed E-state index contributed by atoms with van der Waals surface area (Å²) in [7, 11) is 0. The van der Waals surface area contributed by atoms with Gasteiger partial charge in [0.25, 0.3) is 0 Å². The summed E-state index contributed by atoms with van der Waals surface area (Å²) >= 11 is 0. The third kappa shape index (κ3) is 8.46. The van der Waals surface area contributed by atoms with Crippen molar-refractivity contribution < 1.29 is 28.5 Å². The molecule has 0 saturated carbocycles. The first-order valence-corrected chi connectivity index (χ1v) is 16.3. The second-order valence-corrected chi connectivity index (χ2v) is 11.1. The number of aryl methyl sites for hydroxylation is 1. The summed E-state index contributed by atoms with van der Waals surface area (Å²) in [5.41, 5.74) is 2.85. The van der Waals surface area contributed by atoms with Gasteiger partial charge in [0.05, 0.1) is 24.2 Å². The van der Waals surface area contributed by atoms with Crippen LogP contribution in [0.4, 0.5) is 0 Å². The van der Waals surface area contributed by atoms with Crippen LogP contribution in [-0.4, -0.2) is 34.7 Å². The summed E-state index contributed by atoms with van der Waals surface area (Å²) in [6.07, 6.45) is 2.94. The zero-order valence-electron chi connectivity index (χ0n) is 28.1. The van der Waals surface area contributed by atoms with Crippen molar-refractivity contribution in [2.45, 2.75) is 40.5 Å². The summed E-state index contributed by atoms with van der Waals surface area (Å²) < 4.78 is 23.3. The van der Waals surface area contributed by atoms with Gasteiger partial charge in [-0.1, -0.05) is 60.7 Å². The van der Waals surface area contributed by atoms with E-state index < -0.39 is 11.9 Å². The van der Waals surface area contributed by atoms with Gasteiger partial charge < -0.3 is 28.5 Å². The molecule has 256 valence electrons. The SMILES string of the molecule is CCOC(=O)c1c[nH]c2cc(OCc3ccccc3)ccc2c1=O.CCOC(=O)c1cn(CC)c2cc(OCc3ccccc3)ccc2c1=O. The van der Waals surface area contributed by atoms with E-state index in [2.05, 4.69) is 4.98 Å². The van der Waals surface area contributed by atoms with Crippen molar-refractivity contribution in [2.75, 3.05) is 13.2 Å². The number of nitrogens with one attached hydrogen (secondary N) is 1. The quantitative estimate of drug-likeness (QED) is 0.145. The maximum atomic E-state index is 12.6. The van der Waals surface area contributed by atoms with Crippen LogP contribution in [-0.2, 0) is 29.2 Å². The average Bonchev–Trinajstić information content (AvgIpc) is 3.14. The highest BCUT2D eigenvalue weighted by molar-refractivity contribution is 5.94. The van der Waals surface area contributed by atoms with Crippen LogP contribution in [0, 0.1) is 0 Å². The lowest BCUT2D eigenvalue weighted by Gasteiger charge is -2.13. The molecule has 0 aliphatic heterocycles. The predicted octanol–water partition coefficient (Wildman–Crippen LogP) is 7.06. The summed E-state index contributed by atoms with van der Waals surface area (Å²) in [6.45, 7) is 7.33. The van der Waals surface area contributed by atoms with Crippen molar-refractivity contribution in [3.05, 3.63) is 152 Å². The molecule has 10 heteroatoms. The van der Waals surface area contributed by atoms with Gasteiger partial charge >= 0.3 is 11.9 Å². The van der Waals surface area contributed by atoms with Crippen molar-refractivity contribution >= 4 is 33.7 Å². The van der Waals surface area contributed by atoms with E-state index in [9.17, 15) is 19.2 Å². The topological polar surface area (TPSA) is 126 Å². The van der Waals surface area contributed by atoms with Gasteiger partial charge in [-0.2, -0.15) is 0 Å². The van der Waals surface area contributed by atoms with Gasteiger partial charge in [0.2, 0.25) is 10.9 Å². The molecule has 2 aromatic heterocycles. The minimum atomic E-state index is -0.620. The van der Waals surface area contributed by atoms with Crippen molar-refractivity contribution in [3.8, 4) is 11.5 Å². The molecule has 0 radical (unpaired) electrons. The molecule has 4 aromatic carbocycles. The zero-order valence-corrected chi connectivity index (χ0v) is 28.1. The first-order valence-electron chi connectivity index (χ1n) is 16.3. The standard InChI is InChI=1S/C21H21NO4.C19H17NO4/c1-3-22-13-18(21(24)25-4-2)20(23)17-11-10-16(12-19(17)22)26-14-15-8-6-5-7-9-15;1-2-23-19(22)16-11-20-17-10-14(8-9-15(17)18(16)21)24-12-13-6-4-3-5-7-13/h5-13H,3-4,14H2,1-2H3;3-11H,2,12H2,1H3,(H,20,21). The molecule has 0 atom stereocenters. The fourth-order valence-corrected chi connectivity index (χ4v) is 5.21. The van der Waals surface area contributed by atoms with Crippen molar-refractivity contribution in [1.82, 2.24) is 9.55 Å². The van der Waals surface area contributed by atoms with Crippen LogP contribution in [0.15, 0.2) is 119 Å². The molecule has 6 aromatic rings. The number of benzene rings is 4. The average molecular weight is 675 g/mol. The van der Waals surface area contributed by atoms with E-state index >= 15 is 0 Å². The second kappa shape index (κ2) is 16.8. The number of hydrogen-bond donors (Lipinski definition) is 1. The Morgan fingerprint density at radius 1 is 0.640 bits per heavy atom. The van der Waals surface area contributed by atoms with Crippen LogP contribution in [0.2, 0.25) is 0 Å². The van der Waals surface area contributed by atoms with Crippen LogP contribution in [0.25, 0.3) is 21.8 Å². The highest BCUT2D eigenvalue weighted by atomic mass is 16.5. The molecule has 0 aliphatic carbocycles. The molecule has 0 amide bonds. The second-order valence-electron chi connectivity index (χ2n) is 11.1. The first-order chi connectivity index (χ1) is 24.3. The lowest BCUT2D eigenvalue weighted by Crippen LogP contribution is -2.20. The number of H-pyrrole nitrogens is 1. The highest BCUT2D eigenvalue weighted by Crippen LogP contribution is 2.22. The molecule has 0 aliphatic rings. The van der Waals surface area contributed by atoms with Gasteiger partial charge in [-0.05, 0) is 56.2 Å². The van der Waals surface area contributed by atoms with E-state index in [4.69, 9.17) is 18.9 Å². The van der Waals surface area contributed by atoms with E-state index in [-0.39, 0.29) is 35.2 Å². The minimum Gasteiger partial charge on any atom is -0.489 e. The number of ether oxygens (including phenoxy) is 4. The van der Waals surface area contributed by atoms with Gasteiger partial charge in [-0.3, -0.25) is 9.59 Å². The molecule has 10 nitrogen and oxygen atoms in total. The van der Waals surface area contributed by atoms with Crippen LogP contribution in [0.1, 0.15) is 52.6 Å². The summed E-state index contributed by atoms with van der Waals surface area (Å²) in [5, 5.41) is 0.900. The van der Waals surface area contributed by atoms with E-state index in [0.717, 1.165) is 16.6 Å². The number of aromatic nitrogens is 2. The van der Waals surface area contributed by atoms with E-state index in [0.29, 0.717) is 47.5 Å². The lowest BCUT2D eigenvalue weighted by atomic mass is 10.1. The number of esters is 2. The van der Waals surface area contributed by atoms with Crippen LogP contribution in [0.3, 0.4) is 0 Å². The molecule has 6 rings (SSSR count). The molecule has 1 N–H and O–H groups in total. The Hall–Kier alpha value is -6.16. The van der Waals surface area contributed by atoms with Gasteiger partial charge in [0, 0.05) is 41.8 Å². The normalized spacial score (nSPS) is 10.6. The Bertz CT molecular complexity index is 2210. The maximum Gasteiger partial charge on any atom is 0.343 e. The third-order valence-corrected chi connectivity index (χ3v) is 7.73. The van der Waals surface area contributed by atoms with Gasteiger partial charge in [0.15, 0.2) is 0 Å². The Morgan fingerprint density at radius 2 is 1.16 bits per heavy atom. The molecule has 0 saturated heterocycles. The Balaban J connectivity index is 0.000000195. The molecule has 0 bridgehead atoms. The lowest BCUT2D eigenvalue weighted by molar-refractivity contribution is 0.0514. The molecular formula is C40H38N2O8. The van der Waals surface area contributed by atoms with Crippen LogP contribution < -0.4 is 20.3 Å². The van der Waals surface area contributed by atoms with E-state index in [1.165, 1.54) is 6.20 Å². The van der Waals surface area contributed by atoms with Crippen molar-refractivity contribution in [3.63, 3.8) is 0 Å². The fourth-order valence-electron chi connectivity index (χ4n) is 5.21. The number of hydrogen-bond acceptors (Lipinski definition) is 8. The largest absolute Gasteiger partial charge is 0.489 e. The molecular weight excluding hydrogens is 636 g/mol. The number of pyridine rings is 2. The summed E-state index contributed by atoms with van der Waals surface area (Å²) in [5.74, 6) is 0.105. The zero-order chi connectivity index (χ0) is 35.5. The number of nitrogens with zero attached hydrogens (tertiary/aromatic N) is 1. The maximum absolute atomic E-state index is 12.6.